The van der Waals surface area contributed by atoms with Crippen molar-refractivity contribution in [2.75, 3.05) is 6.54 Å². The molecule has 0 saturated carbocycles. The monoisotopic (exact) mass is 221 g/mol. The first-order valence-corrected chi connectivity index (χ1v) is 5.61. The van der Waals surface area contributed by atoms with E-state index in [1.54, 1.807) is 6.07 Å². The zero-order valence-corrected chi connectivity index (χ0v) is 9.63. The summed E-state index contributed by atoms with van der Waals surface area (Å²) in [5.74, 6) is 0.730. The van der Waals surface area contributed by atoms with E-state index in [0.29, 0.717) is 0 Å². The normalized spacial score (nSPS) is 11.2. The third-order valence-electron chi connectivity index (χ3n) is 2.64. The Bertz CT molecular complexity index is 490. The van der Waals surface area contributed by atoms with Crippen LogP contribution in [0.3, 0.4) is 0 Å². The molecule has 4 heteroatoms. The van der Waals surface area contributed by atoms with Gasteiger partial charge in [0.1, 0.15) is 11.6 Å². The number of hydrogen-bond donors (Lipinski definition) is 1. The molecule has 1 N–H and O–H groups in total. The van der Waals surface area contributed by atoms with E-state index in [4.69, 9.17) is 0 Å². The molecule has 0 radical (unpaired) electrons. The van der Waals surface area contributed by atoms with Crippen molar-refractivity contribution in [1.29, 1.82) is 0 Å². The van der Waals surface area contributed by atoms with Crippen molar-refractivity contribution < 1.29 is 4.39 Å². The van der Waals surface area contributed by atoms with Gasteiger partial charge in [0.15, 0.2) is 0 Å². The molecule has 2 rings (SSSR count). The first kappa shape index (κ1) is 11.1. The molecule has 0 unspecified atom stereocenters. The van der Waals surface area contributed by atoms with Gasteiger partial charge in [0.05, 0.1) is 17.6 Å². The molecule has 0 fully saturated rings. The van der Waals surface area contributed by atoms with Gasteiger partial charge in [-0.1, -0.05) is 6.92 Å². The fourth-order valence-electron chi connectivity index (χ4n) is 1.88. The van der Waals surface area contributed by atoms with E-state index >= 15 is 0 Å². The number of imidazole rings is 1. The summed E-state index contributed by atoms with van der Waals surface area (Å²) in [6.45, 7) is 6.60. The van der Waals surface area contributed by atoms with Gasteiger partial charge in [0, 0.05) is 12.6 Å². The predicted octanol–water partition coefficient (Wildman–Crippen LogP) is 2.30. The summed E-state index contributed by atoms with van der Waals surface area (Å²) in [6.07, 6.45) is 0. The van der Waals surface area contributed by atoms with Crippen LogP contribution in [0, 0.1) is 5.82 Å². The lowest BCUT2D eigenvalue weighted by molar-refractivity contribution is 0.629. The van der Waals surface area contributed by atoms with Gasteiger partial charge < -0.3 is 9.88 Å². The van der Waals surface area contributed by atoms with Crippen LogP contribution in [0.1, 0.15) is 19.7 Å². The number of rotatable bonds is 4. The largest absolute Gasteiger partial charge is 0.327 e. The number of fused-ring (bicyclic) bond motifs is 1. The van der Waals surface area contributed by atoms with Gasteiger partial charge in [-0.25, -0.2) is 9.37 Å². The van der Waals surface area contributed by atoms with Crippen molar-refractivity contribution >= 4 is 11.0 Å². The second-order valence-corrected chi connectivity index (χ2v) is 3.69. The van der Waals surface area contributed by atoms with Crippen molar-refractivity contribution in [2.24, 2.45) is 0 Å². The first-order chi connectivity index (χ1) is 7.76. The van der Waals surface area contributed by atoms with Crippen LogP contribution < -0.4 is 5.32 Å². The molecule has 1 aromatic carbocycles. The lowest BCUT2D eigenvalue weighted by Gasteiger charge is -2.05. The Morgan fingerprint density at radius 3 is 2.88 bits per heavy atom. The lowest BCUT2D eigenvalue weighted by Crippen LogP contribution is -2.16. The molecule has 0 atom stereocenters. The summed E-state index contributed by atoms with van der Waals surface area (Å²) < 4.78 is 15.2. The van der Waals surface area contributed by atoms with Crippen LogP contribution in [0.15, 0.2) is 18.2 Å². The molecule has 1 aromatic heterocycles. The highest BCUT2D eigenvalue weighted by atomic mass is 19.1. The highest BCUT2D eigenvalue weighted by Crippen LogP contribution is 2.17. The van der Waals surface area contributed by atoms with Crippen LogP contribution in [0.5, 0.6) is 0 Å². The number of nitrogens with zero attached hydrogens (tertiary/aromatic N) is 2. The van der Waals surface area contributed by atoms with E-state index in [9.17, 15) is 4.39 Å². The maximum Gasteiger partial charge on any atom is 0.125 e. The molecular formula is C12H16FN3. The maximum atomic E-state index is 13.1. The van der Waals surface area contributed by atoms with E-state index in [0.717, 1.165) is 36.5 Å². The third-order valence-corrected chi connectivity index (χ3v) is 2.64. The molecule has 0 spiro atoms. The molecule has 0 amide bonds. The zero-order valence-electron chi connectivity index (χ0n) is 9.63. The van der Waals surface area contributed by atoms with Gasteiger partial charge in [-0.15, -0.1) is 0 Å². The maximum absolute atomic E-state index is 13.1. The van der Waals surface area contributed by atoms with Crippen LogP contribution in [-0.4, -0.2) is 16.1 Å². The average Bonchev–Trinajstić information content (AvgIpc) is 2.62. The van der Waals surface area contributed by atoms with Crippen LogP contribution in [0.4, 0.5) is 4.39 Å². The summed E-state index contributed by atoms with van der Waals surface area (Å²) in [5, 5.41) is 3.24. The Kier molecular flexibility index (Phi) is 3.19. The summed E-state index contributed by atoms with van der Waals surface area (Å²) in [5.41, 5.74) is 1.73. The molecule has 16 heavy (non-hydrogen) atoms. The molecule has 0 saturated heterocycles. The second-order valence-electron chi connectivity index (χ2n) is 3.69. The lowest BCUT2D eigenvalue weighted by atomic mass is 10.3. The van der Waals surface area contributed by atoms with E-state index in [1.807, 2.05) is 0 Å². The van der Waals surface area contributed by atoms with Gasteiger partial charge in [0.25, 0.3) is 0 Å². The number of aryl methyl sites for hydroxylation is 1. The molecule has 0 aliphatic carbocycles. The van der Waals surface area contributed by atoms with Crippen molar-refractivity contribution in [3.63, 3.8) is 0 Å². The Labute approximate surface area is 94.3 Å². The molecule has 86 valence electrons. The summed E-state index contributed by atoms with van der Waals surface area (Å²) in [4.78, 5) is 4.44. The highest BCUT2D eigenvalue weighted by Gasteiger charge is 2.09. The standard InChI is InChI=1S/C12H16FN3/c1-3-14-8-12-15-10-7-9(13)5-6-11(10)16(12)4-2/h5-7,14H,3-4,8H2,1-2H3. The molecule has 1 heterocycles. The summed E-state index contributed by atoms with van der Waals surface area (Å²) in [7, 11) is 0. The highest BCUT2D eigenvalue weighted by molar-refractivity contribution is 5.76. The van der Waals surface area contributed by atoms with Gasteiger partial charge >= 0.3 is 0 Å². The molecular weight excluding hydrogens is 205 g/mol. The van der Waals surface area contributed by atoms with Crippen molar-refractivity contribution in [3.05, 3.63) is 29.8 Å². The van der Waals surface area contributed by atoms with Crippen LogP contribution in [-0.2, 0) is 13.1 Å². The average molecular weight is 221 g/mol. The Balaban J connectivity index is 2.48. The third kappa shape index (κ3) is 1.93. The fourth-order valence-corrected chi connectivity index (χ4v) is 1.88. The van der Waals surface area contributed by atoms with Crippen molar-refractivity contribution in [3.8, 4) is 0 Å². The van der Waals surface area contributed by atoms with E-state index in [2.05, 4.69) is 28.7 Å². The van der Waals surface area contributed by atoms with E-state index < -0.39 is 0 Å². The molecule has 0 aliphatic rings. The summed E-state index contributed by atoms with van der Waals surface area (Å²) in [6, 6.07) is 4.75. The predicted molar refractivity (Wildman–Crippen MR) is 62.7 cm³/mol. The van der Waals surface area contributed by atoms with E-state index in [-0.39, 0.29) is 5.82 Å². The van der Waals surface area contributed by atoms with Gasteiger partial charge in [-0.2, -0.15) is 0 Å². The zero-order chi connectivity index (χ0) is 11.5. The quantitative estimate of drug-likeness (QED) is 0.858. The number of benzene rings is 1. The number of nitrogens with one attached hydrogen (secondary N) is 1. The first-order valence-electron chi connectivity index (χ1n) is 5.61. The Hall–Kier alpha value is -1.42. The minimum Gasteiger partial charge on any atom is -0.327 e. The number of aromatic nitrogens is 2. The minimum atomic E-state index is -0.233. The van der Waals surface area contributed by atoms with Crippen LogP contribution in [0.25, 0.3) is 11.0 Å². The van der Waals surface area contributed by atoms with Gasteiger partial charge in [-0.3, -0.25) is 0 Å². The van der Waals surface area contributed by atoms with Crippen molar-refractivity contribution in [1.82, 2.24) is 14.9 Å². The van der Waals surface area contributed by atoms with Gasteiger partial charge in [0.2, 0.25) is 0 Å². The van der Waals surface area contributed by atoms with Gasteiger partial charge in [-0.05, 0) is 25.6 Å². The number of halogens is 1. The van der Waals surface area contributed by atoms with Crippen molar-refractivity contribution in [2.45, 2.75) is 26.9 Å². The Morgan fingerprint density at radius 2 is 2.19 bits per heavy atom. The van der Waals surface area contributed by atoms with Crippen LogP contribution in [0.2, 0.25) is 0 Å². The van der Waals surface area contributed by atoms with E-state index in [1.165, 1.54) is 12.1 Å². The SMILES string of the molecule is CCNCc1nc2cc(F)ccc2n1CC. The topological polar surface area (TPSA) is 29.9 Å². The second kappa shape index (κ2) is 4.61. The number of hydrogen-bond acceptors (Lipinski definition) is 2. The van der Waals surface area contributed by atoms with Crippen LogP contribution >= 0.6 is 0 Å². The Morgan fingerprint density at radius 1 is 1.38 bits per heavy atom. The molecule has 3 nitrogen and oxygen atoms in total. The minimum absolute atomic E-state index is 0.233. The summed E-state index contributed by atoms with van der Waals surface area (Å²) >= 11 is 0. The smallest absolute Gasteiger partial charge is 0.125 e. The fraction of sp³-hybridized carbons (Fsp3) is 0.417. The molecule has 2 aromatic rings. The molecule has 0 bridgehead atoms. The molecule has 0 aliphatic heterocycles.